The van der Waals surface area contributed by atoms with Crippen LogP contribution < -0.4 is 0 Å². The van der Waals surface area contributed by atoms with E-state index in [-0.39, 0.29) is 17.5 Å². The van der Waals surface area contributed by atoms with Gasteiger partial charge in [0.2, 0.25) is 0 Å². The smallest absolute Gasteiger partial charge is 0.393 e. The van der Waals surface area contributed by atoms with Gasteiger partial charge in [-0.05, 0) is 37.5 Å². The second-order valence-electron chi connectivity index (χ2n) is 6.38. The number of aliphatic hydroxyl groups is 1. The molecule has 1 N–H and O–H groups in total. The molecule has 2 saturated heterocycles. The van der Waals surface area contributed by atoms with Crippen LogP contribution in [0.25, 0.3) is 0 Å². The van der Waals surface area contributed by atoms with Crippen molar-refractivity contribution in [3.8, 4) is 0 Å². The molecular weight excluding hydrogens is 323 g/mol. The number of carbonyl (C=O) groups is 1. The lowest BCUT2D eigenvalue weighted by Crippen LogP contribution is -2.48. The van der Waals surface area contributed by atoms with Crippen molar-refractivity contribution >= 4 is 5.91 Å². The molecular formula is C17H20F3NO3. The fourth-order valence-corrected chi connectivity index (χ4v) is 3.60. The molecule has 0 aromatic heterocycles. The van der Waals surface area contributed by atoms with Crippen LogP contribution in [0, 0.1) is 5.92 Å². The lowest BCUT2D eigenvalue weighted by molar-refractivity contribution is -0.137. The predicted octanol–water partition coefficient (Wildman–Crippen LogP) is 2.71. The van der Waals surface area contributed by atoms with Crippen LogP contribution in [0.1, 0.15) is 35.2 Å². The van der Waals surface area contributed by atoms with Crippen molar-refractivity contribution in [3.05, 3.63) is 35.4 Å². The summed E-state index contributed by atoms with van der Waals surface area (Å²) in [5.74, 6) is -0.600. The molecule has 3 atom stereocenters. The summed E-state index contributed by atoms with van der Waals surface area (Å²) < 4.78 is 44.0. The van der Waals surface area contributed by atoms with Crippen molar-refractivity contribution < 1.29 is 27.8 Å². The lowest BCUT2D eigenvalue weighted by Gasteiger charge is -2.37. The molecule has 4 nitrogen and oxygen atoms in total. The fourth-order valence-electron chi connectivity index (χ4n) is 3.60. The van der Waals surface area contributed by atoms with Gasteiger partial charge in [0.1, 0.15) is 0 Å². The van der Waals surface area contributed by atoms with Crippen molar-refractivity contribution in [3.63, 3.8) is 0 Å². The fraction of sp³-hybridized carbons (Fsp3) is 0.588. The number of hydrogen-bond acceptors (Lipinski definition) is 3. The average molecular weight is 343 g/mol. The number of benzene rings is 1. The number of rotatable bonds is 2. The van der Waals surface area contributed by atoms with E-state index in [0.717, 1.165) is 25.0 Å². The molecule has 1 amide bonds. The van der Waals surface area contributed by atoms with E-state index in [1.807, 2.05) is 0 Å². The van der Waals surface area contributed by atoms with E-state index in [1.54, 1.807) is 4.90 Å². The van der Waals surface area contributed by atoms with Gasteiger partial charge in [-0.2, -0.15) is 13.2 Å². The third-order valence-corrected chi connectivity index (χ3v) is 4.85. The first kappa shape index (κ1) is 17.2. The first-order chi connectivity index (χ1) is 11.4. The molecule has 24 heavy (non-hydrogen) atoms. The maximum atomic E-state index is 12.9. The molecule has 132 valence electrons. The van der Waals surface area contributed by atoms with Gasteiger partial charge in [0, 0.05) is 30.7 Å². The van der Waals surface area contributed by atoms with Gasteiger partial charge in [-0.1, -0.05) is 6.07 Å². The van der Waals surface area contributed by atoms with Crippen LogP contribution in [0.15, 0.2) is 24.3 Å². The highest BCUT2D eigenvalue weighted by Gasteiger charge is 2.40. The number of carbonyl (C=O) groups excluding carboxylic acids is 1. The summed E-state index contributed by atoms with van der Waals surface area (Å²) in [6, 6.07) is 4.31. The molecule has 2 heterocycles. The molecule has 2 aliphatic heterocycles. The molecule has 7 heteroatoms. The number of aliphatic hydroxyl groups excluding tert-OH is 1. The molecule has 2 aliphatic rings. The molecule has 1 aromatic rings. The Morgan fingerprint density at radius 3 is 2.79 bits per heavy atom. The van der Waals surface area contributed by atoms with Crippen LogP contribution in [-0.4, -0.2) is 47.8 Å². The van der Waals surface area contributed by atoms with E-state index >= 15 is 0 Å². The minimum atomic E-state index is -4.48. The Kier molecular flexibility index (Phi) is 4.83. The number of halogens is 3. The van der Waals surface area contributed by atoms with Crippen molar-refractivity contribution in [2.24, 2.45) is 5.92 Å². The molecule has 0 bridgehead atoms. The second-order valence-corrected chi connectivity index (χ2v) is 6.38. The first-order valence-electron chi connectivity index (χ1n) is 8.12. The van der Waals surface area contributed by atoms with Gasteiger partial charge in [-0.3, -0.25) is 4.79 Å². The molecule has 0 radical (unpaired) electrons. The Bertz CT molecular complexity index is 605. The zero-order valence-corrected chi connectivity index (χ0v) is 13.1. The minimum Gasteiger partial charge on any atom is -0.393 e. The highest BCUT2D eigenvalue weighted by atomic mass is 19.4. The molecule has 0 unspecified atom stereocenters. The summed E-state index contributed by atoms with van der Waals surface area (Å²) in [5.41, 5.74) is -0.798. The lowest BCUT2D eigenvalue weighted by atomic mass is 9.89. The largest absolute Gasteiger partial charge is 0.416 e. The van der Waals surface area contributed by atoms with Crippen LogP contribution in [-0.2, 0) is 10.9 Å². The number of ether oxygens (including phenoxy) is 1. The van der Waals surface area contributed by atoms with Crippen molar-refractivity contribution in [1.82, 2.24) is 4.90 Å². The van der Waals surface area contributed by atoms with Gasteiger partial charge in [0.15, 0.2) is 0 Å². The molecule has 0 saturated carbocycles. The van der Waals surface area contributed by atoms with Crippen LogP contribution in [0.4, 0.5) is 13.2 Å². The van der Waals surface area contributed by atoms with Crippen molar-refractivity contribution in [2.75, 3.05) is 19.8 Å². The van der Waals surface area contributed by atoms with E-state index in [9.17, 15) is 23.1 Å². The summed E-state index contributed by atoms with van der Waals surface area (Å²) in [4.78, 5) is 14.3. The molecule has 0 aliphatic carbocycles. The third kappa shape index (κ3) is 3.42. The normalized spacial score (nSPS) is 28.2. The monoisotopic (exact) mass is 343 g/mol. The third-order valence-electron chi connectivity index (χ3n) is 4.85. The Balaban J connectivity index is 1.81. The Labute approximate surface area is 138 Å². The summed E-state index contributed by atoms with van der Waals surface area (Å²) in [5, 5.41) is 10.2. The number of amides is 1. The predicted molar refractivity (Wildman–Crippen MR) is 80.4 cm³/mol. The molecule has 1 aromatic carbocycles. The van der Waals surface area contributed by atoms with E-state index in [1.165, 1.54) is 12.1 Å². The number of alkyl halides is 3. The minimum absolute atomic E-state index is 0.0305. The average Bonchev–Trinajstić information content (AvgIpc) is 3.03. The Hall–Kier alpha value is -1.60. The van der Waals surface area contributed by atoms with Gasteiger partial charge in [-0.15, -0.1) is 0 Å². The van der Waals surface area contributed by atoms with Gasteiger partial charge >= 0.3 is 6.18 Å². The van der Waals surface area contributed by atoms with Gasteiger partial charge < -0.3 is 14.7 Å². The molecule has 3 rings (SSSR count). The van der Waals surface area contributed by atoms with Crippen LogP contribution in [0.3, 0.4) is 0 Å². The Morgan fingerprint density at radius 1 is 1.29 bits per heavy atom. The van der Waals surface area contributed by atoms with Gasteiger partial charge in [-0.25, -0.2) is 0 Å². The topological polar surface area (TPSA) is 49.8 Å². The van der Waals surface area contributed by atoms with E-state index < -0.39 is 23.8 Å². The Morgan fingerprint density at radius 2 is 2.08 bits per heavy atom. The van der Waals surface area contributed by atoms with Crippen molar-refractivity contribution in [1.29, 1.82) is 0 Å². The summed E-state index contributed by atoms with van der Waals surface area (Å²) in [6.07, 6.45) is -2.99. The number of hydrogen-bond donors (Lipinski definition) is 1. The molecule has 2 fully saturated rings. The van der Waals surface area contributed by atoms with Crippen LogP contribution >= 0.6 is 0 Å². The van der Waals surface area contributed by atoms with E-state index in [0.29, 0.717) is 26.2 Å². The first-order valence-corrected chi connectivity index (χ1v) is 8.12. The maximum absolute atomic E-state index is 12.9. The highest BCUT2D eigenvalue weighted by molar-refractivity contribution is 5.94. The van der Waals surface area contributed by atoms with Crippen LogP contribution in [0.2, 0.25) is 0 Å². The summed E-state index contributed by atoms with van der Waals surface area (Å²) >= 11 is 0. The maximum Gasteiger partial charge on any atom is 0.416 e. The zero-order chi connectivity index (χ0) is 17.3. The SMILES string of the molecule is O=C(c1cccc(C(F)(F)F)c1)N1CCC[C@@H]1[C@@H]1COCC[C@@H]1O. The van der Waals surface area contributed by atoms with Gasteiger partial charge in [0.25, 0.3) is 5.91 Å². The zero-order valence-electron chi connectivity index (χ0n) is 13.1. The second kappa shape index (κ2) is 6.72. The number of likely N-dealkylation sites (tertiary alicyclic amines) is 1. The van der Waals surface area contributed by atoms with Gasteiger partial charge in [0.05, 0.1) is 18.3 Å². The summed E-state index contributed by atoms with van der Waals surface area (Å²) in [7, 11) is 0. The summed E-state index contributed by atoms with van der Waals surface area (Å²) in [6.45, 7) is 1.35. The molecule has 0 spiro atoms. The highest BCUT2D eigenvalue weighted by Crippen LogP contribution is 2.33. The van der Waals surface area contributed by atoms with E-state index in [2.05, 4.69) is 0 Å². The quantitative estimate of drug-likeness (QED) is 0.898. The van der Waals surface area contributed by atoms with Crippen molar-refractivity contribution in [2.45, 2.75) is 37.6 Å². The van der Waals surface area contributed by atoms with Crippen LogP contribution in [0.5, 0.6) is 0 Å². The van der Waals surface area contributed by atoms with E-state index in [4.69, 9.17) is 4.74 Å². The standard InChI is InChI=1S/C17H20F3NO3/c18-17(19,20)12-4-1-3-11(9-12)16(23)21-7-2-5-14(21)13-10-24-8-6-15(13)22/h1,3-4,9,13-15,22H,2,5-8,10H2/t13-,14+,15-/m0/s1. The number of nitrogens with zero attached hydrogens (tertiary/aromatic N) is 1.